The SMILES string of the molecule is CCNC(=NCc1ncccc1C)N1CCN(C(=O)C2CCCO2)CC1.I. The number of halogens is 1. The van der Waals surface area contributed by atoms with Crippen molar-refractivity contribution in [1.82, 2.24) is 20.1 Å². The van der Waals surface area contributed by atoms with E-state index in [1.165, 1.54) is 0 Å². The molecule has 0 spiro atoms. The molecule has 0 radical (unpaired) electrons. The molecular weight excluding hydrogens is 457 g/mol. The van der Waals surface area contributed by atoms with E-state index in [4.69, 9.17) is 9.73 Å². The fourth-order valence-electron chi connectivity index (χ4n) is 3.37. The van der Waals surface area contributed by atoms with E-state index in [1.807, 2.05) is 11.0 Å². The summed E-state index contributed by atoms with van der Waals surface area (Å²) in [4.78, 5) is 25.8. The van der Waals surface area contributed by atoms with Crippen molar-refractivity contribution >= 4 is 35.8 Å². The van der Waals surface area contributed by atoms with Crippen LogP contribution in [0.5, 0.6) is 0 Å². The fraction of sp³-hybridized carbons (Fsp3) is 0.632. The molecule has 0 aliphatic carbocycles. The van der Waals surface area contributed by atoms with Crippen LogP contribution in [0, 0.1) is 6.92 Å². The molecule has 150 valence electrons. The highest BCUT2D eigenvalue weighted by molar-refractivity contribution is 14.0. The number of aromatic nitrogens is 1. The predicted octanol–water partition coefficient (Wildman–Crippen LogP) is 1.80. The van der Waals surface area contributed by atoms with Crippen LogP contribution in [0.1, 0.15) is 31.0 Å². The summed E-state index contributed by atoms with van der Waals surface area (Å²) in [5.41, 5.74) is 2.15. The van der Waals surface area contributed by atoms with Gasteiger partial charge in [0.25, 0.3) is 5.91 Å². The third-order valence-corrected chi connectivity index (χ3v) is 4.93. The van der Waals surface area contributed by atoms with Gasteiger partial charge in [0.15, 0.2) is 5.96 Å². The molecule has 0 bridgehead atoms. The van der Waals surface area contributed by atoms with Gasteiger partial charge in [0.2, 0.25) is 0 Å². The van der Waals surface area contributed by atoms with Crippen molar-refractivity contribution in [3.8, 4) is 0 Å². The maximum atomic E-state index is 12.5. The van der Waals surface area contributed by atoms with Crippen LogP contribution in [0.3, 0.4) is 0 Å². The monoisotopic (exact) mass is 487 g/mol. The number of rotatable bonds is 4. The molecule has 1 aromatic heterocycles. The Morgan fingerprint density at radius 2 is 2.07 bits per heavy atom. The summed E-state index contributed by atoms with van der Waals surface area (Å²) in [5.74, 6) is 1.04. The largest absolute Gasteiger partial charge is 0.368 e. The number of carbonyl (C=O) groups excluding carboxylic acids is 1. The second-order valence-electron chi connectivity index (χ2n) is 6.75. The molecule has 0 saturated carbocycles. The van der Waals surface area contributed by atoms with Gasteiger partial charge in [-0.05, 0) is 38.3 Å². The van der Waals surface area contributed by atoms with Gasteiger partial charge in [0.05, 0.1) is 12.2 Å². The number of carbonyl (C=O) groups is 1. The van der Waals surface area contributed by atoms with E-state index in [0.29, 0.717) is 26.2 Å². The van der Waals surface area contributed by atoms with E-state index in [2.05, 4.69) is 35.1 Å². The van der Waals surface area contributed by atoms with Crippen LogP contribution in [-0.4, -0.2) is 72.1 Å². The lowest BCUT2D eigenvalue weighted by Crippen LogP contribution is -2.55. The van der Waals surface area contributed by atoms with Gasteiger partial charge < -0.3 is 19.9 Å². The minimum absolute atomic E-state index is 0. The number of pyridine rings is 1. The zero-order chi connectivity index (χ0) is 18.4. The topological polar surface area (TPSA) is 70.1 Å². The number of hydrogen-bond donors (Lipinski definition) is 1. The van der Waals surface area contributed by atoms with Gasteiger partial charge in [-0.15, -0.1) is 24.0 Å². The molecule has 8 heteroatoms. The van der Waals surface area contributed by atoms with Crippen molar-refractivity contribution in [3.05, 3.63) is 29.6 Å². The highest BCUT2D eigenvalue weighted by Gasteiger charge is 2.30. The Kier molecular flexibility index (Phi) is 8.75. The van der Waals surface area contributed by atoms with Gasteiger partial charge in [0.1, 0.15) is 6.10 Å². The van der Waals surface area contributed by atoms with E-state index < -0.39 is 0 Å². The molecule has 2 aliphatic rings. The normalized spacial score (nSPS) is 20.4. The van der Waals surface area contributed by atoms with Gasteiger partial charge >= 0.3 is 0 Å². The van der Waals surface area contributed by atoms with Gasteiger partial charge in [-0.3, -0.25) is 9.78 Å². The third kappa shape index (κ3) is 5.78. The molecule has 1 amide bonds. The van der Waals surface area contributed by atoms with Gasteiger partial charge in [-0.2, -0.15) is 0 Å². The number of hydrogen-bond acceptors (Lipinski definition) is 4. The van der Waals surface area contributed by atoms with E-state index in [-0.39, 0.29) is 36.0 Å². The molecule has 3 rings (SSSR count). The minimum atomic E-state index is -0.226. The smallest absolute Gasteiger partial charge is 0.251 e. The second kappa shape index (κ2) is 10.8. The van der Waals surface area contributed by atoms with Crippen LogP contribution in [0.15, 0.2) is 23.3 Å². The summed E-state index contributed by atoms with van der Waals surface area (Å²) in [7, 11) is 0. The summed E-state index contributed by atoms with van der Waals surface area (Å²) in [6.45, 7) is 9.20. The van der Waals surface area contributed by atoms with Crippen molar-refractivity contribution in [2.24, 2.45) is 4.99 Å². The van der Waals surface area contributed by atoms with Crippen molar-refractivity contribution in [3.63, 3.8) is 0 Å². The molecule has 3 heterocycles. The number of guanidine groups is 1. The second-order valence-corrected chi connectivity index (χ2v) is 6.75. The first-order valence-corrected chi connectivity index (χ1v) is 9.53. The van der Waals surface area contributed by atoms with Crippen molar-refractivity contribution < 1.29 is 9.53 Å². The zero-order valence-corrected chi connectivity index (χ0v) is 18.5. The molecular formula is C19H30IN5O2. The number of amides is 1. The molecule has 27 heavy (non-hydrogen) atoms. The minimum Gasteiger partial charge on any atom is -0.368 e. The van der Waals surface area contributed by atoms with Crippen LogP contribution < -0.4 is 5.32 Å². The number of aryl methyl sites for hydroxylation is 1. The molecule has 0 aromatic carbocycles. The molecule has 1 N–H and O–H groups in total. The number of nitrogens with one attached hydrogen (secondary N) is 1. The molecule has 2 saturated heterocycles. The van der Waals surface area contributed by atoms with E-state index in [0.717, 1.165) is 49.7 Å². The zero-order valence-electron chi connectivity index (χ0n) is 16.2. The quantitative estimate of drug-likeness (QED) is 0.399. The average Bonchev–Trinajstić information content (AvgIpc) is 3.21. The maximum absolute atomic E-state index is 12.5. The van der Waals surface area contributed by atoms with Crippen molar-refractivity contribution in [2.45, 2.75) is 39.3 Å². The molecule has 1 atom stereocenters. The lowest BCUT2D eigenvalue weighted by molar-refractivity contribution is -0.142. The molecule has 1 aromatic rings. The lowest BCUT2D eigenvalue weighted by atomic mass is 10.2. The Balaban J connectivity index is 0.00000261. The first-order valence-electron chi connectivity index (χ1n) is 9.53. The Bertz CT molecular complexity index is 641. The lowest BCUT2D eigenvalue weighted by Gasteiger charge is -2.37. The number of piperazine rings is 1. The van der Waals surface area contributed by atoms with Crippen LogP contribution in [0.2, 0.25) is 0 Å². The summed E-state index contributed by atoms with van der Waals surface area (Å²) in [6, 6.07) is 4.00. The number of ether oxygens (including phenoxy) is 1. The van der Waals surface area contributed by atoms with Crippen molar-refractivity contribution in [1.29, 1.82) is 0 Å². The standard InChI is InChI=1S/C19H29N5O2.HI/c1-3-20-19(22-14-16-15(2)6-4-8-21-16)24-11-9-23(10-12-24)18(25)17-7-5-13-26-17;/h4,6,8,17H,3,5,7,9-14H2,1-2H3,(H,20,22);1H. The van der Waals surface area contributed by atoms with E-state index in [9.17, 15) is 4.79 Å². The molecule has 2 aliphatic heterocycles. The summed E-state index contributed by atoms with van der Waals surface area (Å²) in [5, 5.41) is 3.36. The average molecular weight is 487 g/mol. The van der Waals surface area contributed by atoms with Crippen LogP contribution in [0.4, 0.5) is 0 Å². The number of aliphatic imine (C=N–C) groups is 1. The summed E-state index contributed by atoms with van der Waals surface area (Å²) < 4.78 is 5.53. The first kappa shape index (κ1) is 21.9. The summed E-state index contributed by atoms with van der Waals surface area (Å²) in [6.07, 6.45) is 3.42. The Hall–Kier alpha value is -1.42. The van der Waals surface area contributed by atoms with Crippen LogP contribution in [-0.2, 0) is 16.1 Å². The van der Waals surface area contributed by atoms with Crippen LogP contribution in [0.25, 0.3) is 0 Å². The third-order valence-electron chi connectivity index (χ3n) is 4.93. The van der Waals surface area contributed by atoms with E-state index in [1.54, 1.807) is 6.20 Å². The maximum Gasteiger partial charge on any atom is 0.251 e. The highest BCUT2D eigenvalue weighted by atomic mass is 127. The summed E-state index contributed by atoms with van der Waals surface area (Å²) >= 11 is 0. The number of nitrogens with zero attached hydrogens (tertiary/aromatic N) is 4. The van der Waals surface area contributed by atoms with Gasteiger partial charge in [-0.1, -0.05) is 6.07 Å². The fourth-order valence-corrected chi connectivity index (χ4v) is 3.37. The predicted molar refractivity (Wildman–Crippen MR) is 116 cm³/mol. The van der Waals surface area contributed by atoms with E-state index >= 15 is 0 Å². The first-order chi connectivity index (χ1) is 12.7. The molecule has 2 fully saturated rings. The van der Waals surface area contributed by atoms with Crippen LogP contribution >= 0.6 is 24.0 Å². The molecule has 1 unspecified atom stereocenters. The Morgan fingerprint density at radius 3 is 2.70 bits per heavy atom. The van der Waals surface area contributed by atoms with Crippen molar-refractivity contribution in [2.75, 3.05) is 39.3 Å². The Morgan fingerprint density at radius 1 is 1.33 bits per heavy atom. The Labute approximate surface area is 178 Å². The van der Waals surface area contributed by atoms with Gasteiger partial charge in [-0.25, -0.2) is 4.99 Å². The van der Waals surface area contributed by atoms with Gasteiger partial charge in [0, 0.05) is 45.5 Å². The highest BCUT2D eigenvalue weighted by Crippen LogP contribution is 2.16. The molecule has 7 nitrogen and oxygen atoms in total.